The molecule has 0 saturated carbocycles. The second kappa shape index (κ2) is 8.43. The number of esters is 1. The number of hydrogen-bond donors (Lipinski definition) is 1. The number of hydrogen-bond acceptors (Lipinski definition) is 7. The minimum Gasteiger partial charge on any atom is -0.496 e. The van der Waals surface area contributed by atoms with Gasteiger partial charge in [0.1, 0.15) is 5.75 Å². The lowest BCUT2D eigenvalue weighted by Gasteiger charge is -2.26. The molecule has 0 saturated heterocycles. The number of rotatable bonds is 6. The van der Waals surface area contributed by atoms with E-state index in [1.807, 2.05) is 37.3 Å². The number of aliphatic hydroxyl groups is 1. The second-order valence-electron chi connectivity index (χ2n) is 8.15. The second-order valence-corrected chi connectivity index (χ2v) is 8.15. The predicted molar refractivity (Wildman–Crippen MR) is 124 cm³/mol. The Hall–Kier alpha value is -3.97. The molecule has 2 heterocycles. The Morgan fingerprint density at radius 2 is 1.74 bits per heavy atom. The van der Waals surface area contributed by atoms with Crippen LogP contribution in [0.5, 0.6) is 23.0 Å². The van der Waals surface area contributed by atoms with E-state index in [0.717, 1.165) is 11.1 Å². The molecule has 2 aliphatic rings. The minimum absolute atomic E-state index is 0.0601. The Balaban J connectivity index is 1.71. The molecule has 7 nitrogen and oxygen atoms in total. The molecule has 0 spiro atoms. The van der Waals surface area contributed by atoms with E-state index in [4.69, 9.17) is 23.7 Å². The van der Waals surface area contributed by atoms with Crippen LogP contribution in [0.15, 0.2) is 66.2 Å². The highest BCUT2D eigenvalue weighted by Gasteiger charge is 2.48. The summed E-state index contributed by atoms with van der Waals surface area (Å²) in [7, 11) is 3.10. The maximum atomic E-state index is 13.3. The SMILES string of the molecule is COc1ccc(C2(O)OC(=O)C(c3cc(OC)c4c(c3)OCO4)=C2Cc2ccccc2)cc1C. The highest BCUT2D eigenvalue weighted by Crippen LogP contribution is 2.49. The van der Waals surface area contributed by atoms with Gasteiger partial charge in [0.25, 0.3) is 5.79 Å². The Bertz CT molecular complexity index is 1300. The number of methoxy groups -OCH3 is 2. The molecule has 2 aliphatic heterocycles. The molecule has 0 bridgehead atoms. The smallest absolute Gasteiger partial charge is 0.342 e. The summed E-state index contributed by atoms with van der Waals surface area (Å²) < 4.78 is 27.6. The highest BCUT2D eigenvalue weighted by atomic mass is 16.7. The standard InChI is InChI=1S/C27H24O7/c1-16-11-19(9-10-21(16)30-2)27(29)20(12-17-7-5-4-6-8-17)24(26(28)34-27)18-13-22(31-3)25-23(14-18)32-15-33-25/h4-11,13-14,29H,12,15H2,1-3H3. The molecule has 174 valence electrons. The molecule has 3 aromatic rings. The zero-order chi connectivity index (χ0) is 23.9. The van der Waals surface area contributed by atoms with Crippen LogP contribution in [0.25, 0.3) is 5.57 Å². The van der Waals surface area contributed by atoms with Crippen LogP contribution in [0, 0.1) is 6.92 Å². The Morgan fingerprint density at radius 3 is 2.44 bits per heavy atom. The van der Waals surface area contributed by atoms with Crippen LogP contribution in [0.3, 0.4) is 0 Å². The van der Waals surface area contributed by atoms with E-state index in [1.165, 1.54) is 7.11 Å². The van der Waals surface area contributed by atoms with Crippen molar-refractivity contribution in [2.45, 2.75) is 19.1 Å². The van der Waals surface area contributed by atoms with Crippen LogP contribution < -0.4 is 18.9 Å². The first kappa shape index (κ1) is 21.9. The Kier molecular flexibility index (Phi) is 5.42. The fourth-order valence-electron chi connectivity index (χ4n) is 4.44. The number of carbonyl (C=O) groups is 1. The summed E-state index contributed by atoms with van der Waals surface area (Å²) in [6, 6.07) is 18.2. The van der Waals surface area contributed by atoms with E-state index in [9.17, 15) is 9.90 Å². The highest BCUT2D eigenvalue weighted by molar-refractivity contribution is 6.20. The first-order chi connectivity index (χ1) is 16.4. The molecule has 0 aromatic heterocycles. The van der Waals surface area contributed by atoms with Crippen molar-refractivity contribution < 1.29 is 33.6 Å². The van der Waals surface area contributed by atoms with Gasteiger partial charge in [0.15, 0.2) is 11.5 Å². The third kappa shape index (κ3) is 3.54. The van der Waals surface area contributed by atoms with Crippen molar-refractivity contribution in [3.63, 3.8) is 0 Å². The van der Waals surface area contributed by atoms with Crippen LogP contribution in [-0.2, 0) is 21.7 Å². The van der Waals surface area contributed by atoms with E-state index < -0.39 is 11.8 Å². The molecule has 0 radical (unpaired) electrons. The van der Waals surface area contributed by atoms with E-state index in [2.05, 4.69) is 0 Å². The summed E-state index contributed by atoms with van der Waals surface area (Å²) in [5.41, 5.74) is 3.36. The normalized spacial score (nSPS) is 18.8. The summed E-state index contributed by atoms with van der Waals surface area (Å²) in [5.74, 6) is -0.551. The van der Waals surface area contributed by atoms with Gasteiger partial charge in [0, 0.05) is 17.6 Å². The van der Waals surface area contributed by atoms with Crippen molar-refractivity contribution in [1.82, 2.24) is 0 Å². The maximum Gasteiger partial charge on any atom is 0.342 e. The van der Waals surface area contributed by atoms with Crippen LogP contribution in [0.2, 0.25) is 0 Å². The minimum atomic E-state index is -1.96. The van der Waals surface area contributed by atoms with Crippen LogP contribution in [0.1, 0.15) is 22.3 Å². The molecule has 7 heteroatoms. The van der Waals surface area contributed by atoms with Gasteiger partial charge in [-0.25, -0.2) is 4.79 Å². The summed E-state index contributed by atoms with van der Waals surface area (Å²) in [5, 5.41) is 11.9. The lowest BCUT2D eigenvalue weighted by Crippen LogP contribution is -2.30. The van der Waals surface area contributed by atoms with Crippen molar-refractivity contribution in [1.29, 1.82) is 0 Å². The molecule has 1 N–H and O–H groups in total. The number of fused-ring (bicyclic) bond motifs is 1. The molecule has 5 rings (SSSR count). The molecule has 34 heavy (non-hydrogen) atoms. The molecular weight excluding hydrogens is 436 g/mol. The van der Waals surface area contributed by atoms with Gasteiger partial charge in [-0.15, -0.1) is 0 Å². The largest absolute Gasteiger partial charge is 0.496 e. The molecule has 0 fully saturated rings. The zero-order valence-corrected chi connectivity index (χ0v) is 19.1. The van der Waals surface area contributed by atoms with Gasteiger partial charge < -0.3 is 28.8 Å². The van der Waals surface area contributed by atoms with E-state index in [-0.39, 0.29) is 12.4 Å². The van der Waals surface area contributed by atoms with Gasteiger partial charge in [0.05, 0.1) is 19.8 Å². The third-order valence-electron chi connectivity index (χ3n) is 6.11. The fourth-order valence-corrected chi connectivity index (χ4v) is 4.44. The van der Waals surface area contributed by atoms with Gasteiger partial charge in [-0.05, 0) is 53.9 Å². The predicted octanol–water partition coefficient (Wildman–Crippen LogP) is 4.14. The van der Waals surface area contributed by atoms with Gasteiger partial charge in [-0.2, -0.15) is 0 Å². The topological polar surface area (TPSA) is 83.5 Å². The Morgan fingerprint density at radius 1 is 0.971 bits per heavy atom. The van der Waals surface area contributed by atoms with Crippen LogP contribution >= 0.6 is 0 Å². The summed E-state index contributed by atoms with van der Waals surface area (Å²) in [6.07, 6.45) is 0.292. The van der Waals surface area contributed by atoms with Crippen LogP contribution in [-0.4, -0.2) is 32.1 Å². The monoisotopic (exact) mass is 460 g/mol. The van der Waals surface area contributed by atoms with Gasteiger partial charge in [-0.1, -0.05) is 30.3 Å². The number of cyclic esters (lactones) is 1. The summed E-state index contributed by atoms with van der Waals surface area (Å²) in [4.78, 5) is 13.3. The first-order valence-corrected chi connectivity index (χ1v) is 10.8. The molecule has 0 amide bonds. The first-order valence-electron chi connectivity index (χ1n) is 10.8. The lowest BCUT2D eigenvalue weighted by atomic mass is 9.87. The third-order valence-corrected chi connectivity index (χ3v) is 6.11. The average molecular weight is 460 g/mol. The van der Waals surface area contributed by atoms with Crippen molar-refractivity contribution in [2.75, 3.05) is 21.0 Å². The molecule has 1 atom stereocenters. The summed E-state index contributed by atoms with van der Waals surface area (Å²) >= 11 is 0. The number of ether oxygens (including phenoxy) is 5. The van der Waals surface area contributed by atoms with Gasteiger partial charge >= 0.3 is 5.97 Å². The molecule has 0 aliphatic carbocycles. The van der Waals surface area contributed by atoms with Crippen molar-refractivity contribution in [2.24, 2.45) is 0 Å². The van der Waals surface area contributed by atoms with Crippen molar-refractivity contribution in [3.05, 3.63) is 88.5 Å². The molecule has 1 unspecified atom stereocenters. The average Bonchev–Trinajstić information content (AvgIpc) is 3.41. The fraction of sp³-hybridized carbons (Fsp3) is 0.222. The quantitative estimate of drug-likeness (QED) is 0.554. The number of carbonyl (C=O) groups excluding carboxylic acids is 1. The maximum absolute atomic E-state index is 13.3. The number of benzene rings is 3. The molecule has 3 aromatic carbocycles. The van der Waals surface area contributed by atoms with Crippen molar-refractivity contribution >= 4 is 11.5 Å². The van der Waals surface area contributed by atoms with Gasteiger partial charge in [-0.3, -0.25) is 0 Å². The Labute approximate surface area is 197 Å². The van der Waals surface area contributed by atoms with E-state index in [1.54, 1.807) is 37.4 Å². The van der Waals surface area contributed by atoms with E-state index >= 15 is 0 Å². The van der Waals surface area contributed by atoms with Crippen LogP contribution in [0.4, 0.5) is 0 Å². The summed E-state index contributed by atoms with van der Waals surface area (Å²) in [6.45, 7) is 1.93. The van der Waals surface area contributed by atoms with Gasteiger partial charge in [0.2, 0.25) is 12.5 Å². The lowest BCUT2D eigenvalue weighted by molar-refractivity contribution is -0.185. The van der Waals surface area contributed by atoms with E-state index in [0.29, 0.717) is 46.1 Å². The van der Waals surface area contributed by atoms with Crippen molar-refractivity contribution in [3.8, 4) is 23.0 Å². The number of aryl methyl sites for hydroxylation is 1. The zero-order valence-electron chi connectivity index (χ0n) is 19.1. The molecular formula is C27H24O7.